The highest BCUT2D eigenvalue weighted by Crippen LogP contribution is 2.67. The molecule has 6 unspecified atom stereocenters. The molecule has 7 N–H and O–H groups in total. The molecule has 0 aliphatic heterocycles. The molecule has 0 aromatic rings. The summed E-state index contributed by atoms with van der Waals surface area (Å²) in [5, 5.41) is 28.0. The number of hydrogen-bond donors (Lipinski definition) is 5. The minimum Gasteiger partial charge on any atom is -0.394 e. The first kappa shape index (κ1) is 81.6. The van der Waals surface area contributed by atoms with E-state index in [0.29, 0.717) is 50.0 Å². The molecule has 4 aliphatic rings. The Morgan fingerprint density at radius 2 is 0.933 bits per heavy atom. The lowest BCUT2D eigenvalue weighted by Crippen LogP contribution is -2.52. The van der Waals surface area contributed by atoms with E-state index >= 15 is 0 Å². The highest BCUT2D eigenvalue weighted by molar-refractivity contribution is 5.25. The number of ether oxygens (including phenoxy) is 4. The smallest absolute Gasteiger partial charge is 0.0862 e. The maximum atomic E-state index is 9.93. The predicted molar refractivity (Wildman–Crippen MR) is 381 cm³/mol. The van der Waals surface area contributed by atoms with Crippen molar-refractivity contribution < 1.29 is 34.3 Å². The van der Waals surface area contributed by atoms with Crippen LogP contribution in [0.4, 0.5) is 0 Å². The lowest BCUT2D eigenvalue weighted by molar-refractivity contribution is -0.0641. The summed E-state index contributed by atoms with van der Waals surface area (Å²) in [6.07, 6.45) is 75.1. The van der Waals surface area contributed by atoms with Crippen molar-refractivity contribution in [2.75, 3.05) is 66.1 Å². The second kappa shape index (κ2) is 50.7. The van der Waals surface area contributed by atoms with E-state index in [1.165, 1.54) is 231 Å². The highest BCUT2D eigenvalue weighted by atomic mass is 16.5. The summed E-state index contributed by atoms with van der Waals surface area (Å²) in [5.41, 5.74) is 13.1. The number of hydrogen-bond acceptors (Lipinski definition) is 9. The van der Waals surface area contributed by atoms with Gasteiger partial charge in [0.1, 0.15) is 0 Å². The van der Waals surface area contributed by atoms with Crippen LogP contribution in [0.2, 0.25) is 0 Å². The van der Waals surface area contributed by atoms with E-state index in [1.54, 1.807) is 5.57 Å². The Bertz CT molecular complexity index is 1830. The Balaban J connectivity index is 0.000000668. The van der Waals surface area contributed by atoms with Gasteiger partial charge in [-0.05, 0) is 188 Å². The topological polar surface area (TPSA) is 150 Å². The van der Waals surface area contributed by atoms with Gasteiger partial charge in [0.25, 0.3) is 0 Å². The molecule has 0 heterocycles. The van der Waals surface area contributed by atoms with Gasteiger partial charge in [-0.15, -0.1) is 0 Å². The van der Waals surface area contributed by atoms with Gasteiger partial charge in [0.2, 0.25) is 0 Å². The van der Waals surface area contributed by atoms with Crippen molar-refractivity contribution in [3.63, 3.8) is 0 Å². The monoisotopic (exact) mass is 1250 g/mol. The van der Waals surface area contributed by atoms with E-state index < -0.39 is 11.1 Å². The maximum Gasteiger partial charge on any atom is 0.0862 e. The van der Waals surface area contributed by atoms with Gasteiger partial charge in [0.15, 0.2) is 0 Å². The fourth-order valence-electron chi connectivity index (χ4n) is 15.7. The second-order valence-corrected chi connectivity index (χ2v) is 30.0. The summed E-state index contributed by atoms with van der Waals surface area (Å²) < 4.78 is 23.8. The summed E-state index contributed by atoms with van der Waals surface area (Å²) in [7, 11) is 0. The van der Waals surface area contributed by atoms with Crippen molar-refractivity contribution >= 4 is 0 Å². The molecule has 4 rings (SSSR count). The third-order valence-corrected chi connectivity index (χ3v) is 21.6. The van der Waals surface area contributed by atoms with Gasteiger partial charge in [0, 0.05) is 26.4 Å². The first-order chi connectivity index (χ1) is 43.2. The van der Waals surface area contributed by atoms with E-state index in [-0.39, 0.29) is 26.4 Å². The van der Waals surface area contributed by atoms with Crippen molar-refractivity contribution in [1.82, 2.24) is 0 Å². The molecule has 0 radical (unpaired) electrons. The number of aliphatic hydroxyl groups is 3. The van der Waals surface area contributed by atoms with Crippen molar-refractivity contribution in [1.29, 1.82) is 0 Å². The SMILES string of the molecule is CCCCC/C=C\C/C=C\CCCCCCCCOCC(N)(CO)CO.CCCCC/C=C\C/C=C\CCCCCCCCOCC(N)(CO)COCCCCCCCCCO[C@H]1CC[C@@]2(C)C(=CCC3C4CCC(C(C)CCCC(C)C)[C@@]4(C)CCC32)C1. The van der Waals surface area contributed by atoms with Gasteiger partial charge in [-0.25, -0.2) is 0 Å². The van der Waals surface area contributed by atoms with Crippen LogP contribution < -0.4 is 11.5 Å². The van der Waals surface area contributed by atoms with Crippen LogP contribution in [0, 0.1) is 46.3 Å². The van der Waals surface area contributed by atoms with Crippen LogP contribution in [0.5, 0.6) is 0 Å². The Hall–Kier alpha value is -1.66. The zero-order valence-electron chi connectivity index (χ0n) is 59.6. The Morgan fingerprint density at radius 3 is 1.39 bits per heavy atom. The summed E-state index contributed by atoms with van der Waals surface area (Å²) >= 11 is 0. The molecular weight excluding hydrogens is 1100 g/mol. The average Bonchev–Trinajstić information content (AvgIpc) is 1.72. The molecular formula is C80H148N2O7. The van der Waals surface area contributed by atoms with Crippen molar-refractivity contribution in [3.8, 4) is 0 Å². The maximum absolute atomic E-state index is 9.93. The fraction of sp³-hybridized carbons (Fsp3) is 0.875. The van der Waals surface area contributed by atoms with Crippen LogP contribution >= 0.6 is 0 Å². The quantitative estimate of drug-likeness (QED) is 0.0296. The standard InChI is InChI=1S/C58H105NO4.C22H43NO3/c1-7-8-9-10-11-12-13-14-15-16-17-18-19-21-24-27-41-61-46-58(59,45-60)47-62-42-28-25-22-20-23-26-29-43-63-51-37-39-56(5)50(44-51)33-34-52-54-36-35-53(49(4)32-30-31-48(2)3)57(54,6)40-38-55(52)56;1-2-3-4-5-6-7-8-9-10-11-12-13-14-15-16-17-18-26-21-22(23,19-24)20-25/h11-12,14-15,33,48-49,51-55,60H,7-10,13,16-32,34-47,59H2,1-6H3;6-7,9-10,24-25H,2-5,8,11-21,23H2,1H3/b12-11-,15-14-;7-6-,10-9-/t49?,51-,52?,53?,54?,55?,56-,57+,58?;/m0./s1. The van der Waals surface area contributed by atoms with E-state index in [1.807, 2.05) is 0 Å². The predicted octanol–water partition coefficient (Wildman–Crippen LogP) is 20.2. The second-order valence-electron chi connectivity index (χ2n) is 30.0. The number of unbranched alkanes of at least 4 members (excludes halogenated alkanes) is 24. The van der Waals surface area contributed by atoms with E-state index in [2.05, 4.69) is 103 Å². The Labute approximate surface area is 551 Å². The largest absolute Gasteiger partial charge is 0.394 e. The average molecular weight is 1250 g/mol. The highest BCUT2D eigenvalue weighted by Gasteiger charge is 2.59. The normalized spacial score (nSPS) is 24.0. The van der Waals surface area contributed by atoms with Crippen LogP contribution in [-0.4, -0.2) is 98.6 Å². The molecule has 520 valence electrons. The molecule has 0 aromatic carbocycles. The first-order valence-electron chi connectivity index (χ1n) is 38.3. The van der Waals surface area contributed by atoms with Crippen LogP contribution in [0.15, 0.2) is 60.3 Å². The first-order valence-corrected chi connectivity index (χ1v) is 38.3. The molecule has 4 aliphatic carbocycles. The third kappa shape index (κ3) is 34.5. The minimum absolute atomic E-state index is 0.113. The van der Waals surface area contributed by atoms with Crippen LogP contribution in [0.3, 0.4) is 0 Å². The molecule has 0 bridgehead atoms. The molecule has 9 heteroatoms. The third-order valence-electron chi connectivity index (χ3n) is 21.6. The van der Waals surface area contributed by atoms with Gasteiger partial charge in [-0.1, -0.05) is 237 Å². The van der Waals surface area contributed by atoms with Gasteiger partial charge < -0.3 is 45.7 Å². The van der Waals surface area contributed by atoms with Crippen molar-refractivity contribution in [2.45, 2.75) is 335 Å². The number of nitrogens with two attached hydrogens (primary N) is 2. The van der Waals surface area contributed by atoms with Gasteiger partial charge in [-0.3, -0.25) is 0 Å². The molecule has 0 saturated heterocycles. The molecule has 3 saturated carbocycles. The lowest BCUT2D eigenvalue weighted by atomic mass is 9.47. The summed E-state index contributed by atoms with van der Waals surface area (Å²) in [5.74, 6) is 5.44. The zero-order valence-corrected chi connectivity index (χ0v) is 59.6. The lowest BCUT2D eigenvalue weighted by Gasteiger charge is -2.58. The van der Waals surface area contributed by atoms with Gasteiger partial charge in [-0.2, -0.15) is 0 Å². The molecule has 0 amide bonds. The number of allylic oxidation sites excluding steroid dienone is 9. The summed E-state index contributed by atoms with van der Waals surface area (Å²) in [6.45, 7) is 20.5. The molecule has 0 spiro atoms. The molecule has 9 atom stereocenters. The van der Waals surface area contributed by atoms with Crippen LogP contribution in [0.1, 0.15) is 318 Å². The van der Waals surface area contributed by atoms with Crippen LogP contribution in [-0.2, 0) is 18.9 Å². The Morgan fingerprint density at radius 1 is 0.494 bits per heavy atom. The number of rotatable bonds is 55. The zero-order chi connectivity index (χ0) is 64.6. The Kier molecular flexibility index (Phi) is 46.5. The van der Waals surface area contributed by atoms with Crippen molar-refractivity contribution in [3.05, 3.63) is 60.3 Å². The van der Waals surface area contributed by atoms with Gasteiger partial charge >= 0.3 is 0 Å². The molecule has 89 heavy (non-hydrogen) atoms. The van der Waals surface area contributed by atoms with Crippen LogP contribution in [0.25, 0.3) is 0 Å². The minimum atomic E-state index is -1.00. The van der Waals surface area contributed by atoms with E-state index in [9.17, 15) is 5.11 Å². The van der Waals surface area contributed by atoms with E-state index in [4.69, 9.17) is 40.6 Å². The summed E-state index contributed by atoms with van der Waals surface area (Å²) in [4.78, 5) is 0. The van der Waals surface area contributed by atoms with E-state index in [0.717, 1.165) is 80.6 Å². The summed E-state index contributed by atoms with van der Waals surface area (Å²) in [6, 6.07) is 0. The number of aliphatic hydroxyl groups excluding tert-OH is 3. The molecule has 0 aromatic heterocycles. The van der Waals surface area contributed by atoms with Crippen molar-refractivity contribution in [2.24, 2.45) is 57.8 Å². The molecule has 9 nitrogen and oxygen atoms in total. The molecule has 3 fully saturated rings. The number of fused-ring (bicyclic) bond motifs is 5. The van der Waals surface area contributed by atoms with Gasteiger partial charge in [0.05, 0.1) is 56.8 Å². The fourth-order valence-corrected chi connectivity index (χ4v) is 15.7.